The average molecular weight is 441 g/mol. The molecule has 0 N–H and O–H groups in total. The molecular formula is C19H16BrCl2NO2. The lowest BCUT2D eigenvalue weighted by Crippen LogP contribution is -1.99. The quantitative estimate of drug-likeness (QED) is 0.514. The Morgan fingerprint density at radius 3 is 2.68 bits per heavy atom. The van der Waals surface area contributed by atoms with Gasteiger partial charge in [0.05, 0.1) is 5.71 Å². The van der Waals surface area contributed by atoms with Crippen molar-refractivity contribution in [3.63, 3.8) is 0 Å². The first-order valence-corrected chi connectivity index (χ1v) is 9.38. The highest BCUT2D eigenvalue weighted by Gasteiger charge is 2.21. The van der Waals surface area contributed by atoms with Crippen molar-refractivity contribution in [3.8, 4) is 5.75 Å². The van der Waals surface area contributed by atoms with Gasteiger partial charge in [0, 0.05) is 15.6 Å². The van der Waals surface area contributed by atoms with Gasteiger partial charge in [0.25, 0.3) is 0 Å². The number of ether oxygens (including phenoxy) is 1. The van der Waals surface area contributed by atoms with Gasteiger partial charge < -0.3 is 9.57 Å². The number of hydrogen-bond acceptors (Lipinski definition) is 3. The second-order valence-electron chi connectivity index (χ2n) is 5.52. The molecule has 0 aliphatic heterocycles. The van der Waals surface area contributed by atoms with E-state index in [0.29, 0.717) is 13.2 Å². The highest BCUT2D eigenvalue weighted by Crippen LogP contribution is 2.31. The lowest BCUT2D eigenvalue weighted by Gasteiger charge is -2.08. The number of benzene rings is 2. The number of rotatable bonds is 6. The van der Waals surface area contributed by atoms with Crippen LogP contribution in [-0.4, -0.2) is 12.3 Å². The predicted octanol–water partition coefficient (Wildman–Crippen LogP) is 6.01. The molecule has 0 saturated heterocycles. The molecule has 1 aliphatic rings. The molecule has 0 atom stereocenters. The molecule has 25 heavy (non-hydrogen) atoms. The van der Waals surface area contributed by atoms with Crippen LogP contribution in [0.15, 0.2) is 62.7 Å². The second-order valence-corrected chi connectivity index (χ2v) is 7.45. The van der Waals surface area contributed by atoms with E-state index >= 15 is 0 Å². The summed E-state index contributed by atoms with van der Waals surface area (Å²) in [5.74, 6) is 0.835. The normalized spacial score (nSPS) is 14.3. The zero-order valence-corrected chi connectivity index (χ0v) is 16.4. The molecule has 2 aromatic carbocycles. The molecule has 2 aromatic rings. The number of oxime groups is 1. The predicted molar refractivity (Wildman–Crippen MR) is 106 cm³/mol. The zero-order chi connectivity index (χ0) is 17.6. The van der Waals surface area contributed by atoms with Gasteiger partial charge >= 0.3 is 0 Å². The highest BCUT2D eigenvalue weighted by atomic mass is 79.9. The van der Waals surface area contributed by atoms with Crippen LogP contribution in [0.2, 0.25) is 0 Å². The van der Waals surface area contributed by atoms with E-state index in [1.165, 1.54) is 0 Å². The number of nitrogens with zero attached hydrogens (tertiary/aromatic N) is 1. The third-order valence-electron chi connectivity index (χ3n) is 3.85. The third-order valence-corrected chi connectivity index (χ3v) is 4.69. The summed E-state index contributed by atoms with van der Waals surface area (Å²) < 4.78 is 7.00. The van der Waals surface area contributed by atoms with Crippen molar-refractivity contribution in [2.75, 3.05) is 6.61 Å². The highest BCUT2D eigenvalue weighted by molar-refractivity contribution is 9.10. The molecule has 0 spiro atoms. The van der Waals surface area contributed by atoms with Crippen LogP contribution in [0.1, 0.15) is 23.1 Å². The number of fused-ring (bicyclic) bond motifs is 1. The van der Waals surface area contributed by atoms with E-state index in [1.807, 2.05) is 42.5 Å². The summed E-state index contributed by atoms with van der Waals surface area (Å²) in [7, 11) is 0. The van der Waals surface area contributed by atoms with Crippen LogP contribution in [0.4, 0.5) is 0 Å². The van der Waals surface area contributed by atoms with Crippen molar-refractivity contribution < 1.29 is 9.57 Å². The van der Waals surface area contributed by atoms with Gasteiger partial charge in [-0.25, -0.2) is 0 Å². The Morgan fingerprint density at radius 2 is 1.92 bits per heavy atom. The van der Waals surface area contributed by atoms with Crippen molar-refractivity contribution in [3.05, 3.63) is 74.2 Å². The van der Waals surface area contributed by atoms with E-state index < -0.39 is 0 Å². The van der Waals surface area contributed by atoms with E-state index in [4.69, 9.17) is 32.8 Å². The fourth-order valence-electron chi connectivity index (χ4n) is 2.66. The zero-order valence-electron chi connectivity index (χ0n) is 13.3. The summed E-state index contributed by atoms with van der Waals surface area (Å²) in [6.07, 6.45) is 3.33. The topological polar surface area (TPSA) is 30.8 Å². The Bertz CT molecular complexity index is 800. The Labute approximate surface area is 165 Å². The van der Waals surface area contributed by atoms with E-state index in [1.54, 1.807) is 6.08 Å². The largest absolute Gasteiger partial charge is 0.489 e. The van der Waals surface area contributed by atoms with Gasteiger partial charge in [0.15, 0.2) is 0 Å². The van der Waals surface area contributed by atoms with E-state index in [2.05, 4.69) is 21.1 Å². The first-order chi connectivity index (χ1) is 12.1. The SMILES string of the molecule is ClC(Cl)=CCOc1cccc2c1CC/C2=N\OCc1ccc(Br)cc1. The van der Waals surface area contributed by atoms with Gasteiger partial charge in [-0.15, -0.1) is 0 Å². The van der Waals surface area contributed by atoms with E-state index in [0.717, 1.165) is 45.5 Å². The molecular weight excluding hydrogens is 425 g/mol. The standard InChI is InChI=1S/C19H16BrCl2NO2/c20-14-6-4-13(5-7-14)12-25-23-17-9-8-16-15(17)2-1-3-18(16)24-11-10-19(21)22/h1-7,10H,8-9,11-12H2/b23-17+. The van der Waals surface area contributed by atoms with Crippen LogP contribution in [-0.2, 0) is 17.9 Å². The third kappa shape index (κ3) is 5.00. The average Bonchev–Trinajstić information content (AvgIpc) is 3.01. The van der Waals surface area contributed by atoms with E-state index in [9.17, 15) is 0 Å². The Kier molecular flexibility index (Phi) is 6.40. The van der Waals surface area contributed by atoms with E-state index in [-0.39, 0.29) is 4.49 Å². The fraction of sp³-hybridized carbons (Fsp3) is 0.211. The van der Waals surface area contributed by atoms with Gasteiger partial charge in [0.2, 0.25) is 0 Å². The Hall–Kier alpha value is -1.49. The number of halogens is 3. The first-order valence-electron chi connectivity index (χ1n) is 7.83. The minimum Gasteiger partial charge on any atom is -0.489 e. The molecule has 0 radical (unpaired) electrons. The van der Waals surface area contributed by atoms with Crippen LogP contribution >= 0.6 is 39.1 Å². The molecule has 0 unspecified atom stereocenters. The van der Waals surface area contributed by atoms with Crippen LogP contribution in [0, 0.1) is 0 Å². The van der Waals surface area contributed by atoms with Gasteiger partial charge in [-0.3, -0.25) is 0 Å². The lowest BCUT2D eigenvalue weighted by molar-refractivity contribution is 0.130. The van der Waals surface area contributed by atoms with Crippen LogP contribution in [0.3, 0.4) is 0 Å². The maximum absolute atomic E-state index is 5.75. The molecule has 0 fully saturated rings. The summed E-state index contributed by atoms with van der Waals surface area (Å²) >= 11 is 14.6. The monoisotopic (exact) mass is 439 g/mol. The lowest BCUT2D eigenvalue weighted by atomic mass is 10.1. The minimum absolute atomic E-state index is 0.205. The molecule has 0 aromatic heterocycles. The summed E-state index contributed by atoms with van der Waals surface area (Å²) in [6, 6.07) is 13.9. The van der Waals surface area contributed by atoms with Crippen LogP contribution in [0.5, 0.6) is 5.75 Å². The summed E-state index contributed by atoms with van der Waals surface area (Å²) in [4.78, 5) is 5.54. The molecule has 0 amide bonds. The van der Waals surface area contributed by atoms with Crippen molar-refractivity contribution in [2.24, 2.45) is 5.16 Å². The molecule has 0 saturated carbocycles. The maximum Gasteiger partial charge on any atom is 0.142 e. The Morgan fingerprint density at radius 1 is 1.12 bits per heavy atom. The first kappa shape index (κ1) is 18.3. The van der Waals surface area contributed by atoms with Gasteiger partial charge in [0.1, 0.15) is 23.5 Å². The minimum atomic E-state index is 0.205. The Balaban J connectivity index is 1.66. The molecule has 0 heterocycles. The summed E-state index contributed by atoms with van der Waals surface area (Å²) in [5, 5.41) is 4.33. The molecule has 6 heteroatoms. The van der Waals surface area contributed by atoms with Gasteiger partial charge in [-0.2, -0.15) is 0 Å². The van der Waals surface area contributed by atoms with Crippen LogP contribution in [0.25, 0.3) is 0 Å². The van der Waals surface area contributed by atoms with Crippen LogP contribution < -0.4 is 4.74 Å². The summed E-state index contributed by atoms with van der Waals surface area (Å²) in [5.41, 5.74) is 4.25. The van der Waals surface area contributed by atoms with Crippen molar-refractivity contribution in [2.45, 2.75) is 19.4 Å². The molecule has 3 nitrogen and oxygen atoms in total. The fourth-order valence-corrected chi connectivity index (χ4v) is 3.05. The van der Waals surface area contributed by atoms with Crippen molar-refractivity contribution in [1.82, 2.24) is 0 Å². The van der Waals surface area contributed by atoms with Crippen molar-refractivity contribution in [1.29, 1.82) is 0 Å². The maximum atomic E-state index is 5.75. The van der Waals surface area contributed by atoms with Gasteiger partial charge in [-0.05, 0) is 42.7 Å². The molecule has 0 bridgehead atoms. The van der Waals surface area contributed by atoms with Crippen molar-refractivity contribution >= 4 is 44.8 Å². The molecule has 3 rings (SSSR count). The molecule has 130 valence electrons. The summed E-state index contributed by atoms with van der Waals surface area (Å²) in [6.45, 7) is 0.784. The molecule has 1 aliphatic carbocycles. The second kappa shape index (κ2) is 8.75. The van der Waals surface area contributed by atoms with Gasteiger partial charge in [-0.1, -0.05) is 68.6 Å². The smallest absolute Gasteiger partial charge is 0.142 e. The number of hydrogen-bond donors (Lipinski definition) is 0.